The Balaban J connectivity index is 0.00000220. The van der Waals surface area contributed by atoms with Gasteiger partial charge in [-0.2, -0.15) is 0 Å². The summed E-state index contributed by atoms with van der Waals surface area (Å²) < 4.78 is 0. The fourth-order valence-corrected chi connectivity index (χ4v) is 2.73. The summed E-state index contributed by atoms with van der Waals surface area (Å²) in [5.41, 5.74) is 11.2. The quantitative estimate of drug-likeness (QED) is 0.793. The highest BCUT2D eigenvalue weighted by Gasteiger charge is 2.35. The molecule has 2 amide bonds. The topological polar surface area (TPSA) is 98.2 Å². The second kappa shape index (κ2) is 7.11. The van der Waals surface area contributed by atoms with Gasteiger partial charge < -0.3 is 16.8 Å². The first kappa shape index (κ1) is 17.8. The van der Waals surface area contributed by atoms with Crippen LogP contribution in [0.4, 0.5) is 5.69 Å². The molecule has 1 aromatic rings. The van der Waals surface area contributed by atoms with Gasteiger partial charge in [0, 0.05) is 5.69 Å². The molecular weight excluding hydrogens is 313 g/mol. The van der Waals surface area contributed by atoms with Crippen LogP contribution >= 0.6 is 24.0 Å². The number of hydrogen-bond donors (Lipinski definition) is 3. The summed E-state index contributed by atoms with van der Waals surface area (Å²) in [6, 6.07) is 4.59. The Kier molecular flexibility index (Phi) is 6.01. The van der Waals surface area contributed by atoms with Crippen molar-refractivity contribution < 1.29 is 9.59 Å². The van der Waals surface area contributed by atoms with E-state index >= 15 is 0 Å². The Labute approximate surface area is 134 Å². The first-order chi connectivity index (χ1) is 9.42. The Bertz CT molecular complexity index is 543. The number of rotatable bonds is 3. The zero-order valence-corrected chi connectivity index (χ0v) is 13.1. The molecule has 7 heteroatoms. The van der Waals surface area contributed by atoms with Crippen molar-refractivity contribution >= 4 is 41.5 Å². The number of carbonyl (C=O) groups excluding carboxylic acids is 2. The lowest BCUT2D eigenvalue weighted by molar-refractivity contribution is -0.122. The fraction of sp³-hybridized carbons (Fsp3) is 0.429. The van der Waals surface area contributed by atoms with Crippen LogP contribution in [0.15, 0.2) is 18.2 Å². The minimum absolute atomic E-state index is 0. The molecule has 0 aliphatic heterocycles. The molecule has 0 unspecified atom stereocenters. The van der Waals surface area contributed by atoms with Crippen LogP contribution in [0.5, 0.6) is 0 Å². The average Bonchev–Trinajstić information content (AvgIpc) is 2.39. The lowest BCUT2D eigenvalue weighted by atomic mass is 9.82. The van der Waals surface area contributed by atoms with Crippen LogP contribution in [0.1, 0.15) is 42.5 Å². The summed E-state index contributed by atoms with van der Waals surface area (Å²) in [5.74, 6) is -0.810. The molecule has 0 atom stereocenters. The van der Waals surface area contributed by atoms with E-state index in [2.05, 4.69) is 5.32 Å². The minimum Gasteiger partial charge on any atom is -0.366 e. The van der Waals surface area contributed by atoms with Gasteiger partial charge in [0.05, 0.1) is 16.1 Å². The molecule has 1 aliphatic rings. The zero-order valence-electron chi connectivity index (χ0n) is 11.5. The number of hydrogen-bond acceptors (Lipinski definition) is 3. The van der Waals surface area contributed by atoms with Gasteiger partial charge >= 0.3 is 0 Å². The molecule has 0 radical (unpaired) electrons. The second-order valence-electron chi connectivity index (χ2n) is 5.23. The van der Waals surface area contributed by atoms with Crippen molar-refractivity contribution in [1.82, 2.24) is 0 Å². The first-order valence-corrected chi connectivity index (χ1v) is 7.00. The third-order valence-corrected chi connectivity index (χ3v) is 4.00. The van der Waals surface area contributed by atoms with E-state index in [9.17, 15) is 9.59 Å². The molecule has 2 rings (SSSR count). The molecule has 116 valence electrons. The number of nitrogens with two attached hydrogens (primary N) is 2. The molecule has 0 aromatic heterocycles. The lowest BCUT2D eigenvalue weighted by Crippen LogP contribution is -2.52. The largest absolute Gasteiger partial charge is 0.366 e. The molecule has 5 nitrogen and oxygen atoms in total. The summed E-state index contributed by atoms with van der Waals surface area (Å²) in [6.07, 6.45) is 4.42. The van der Waals surface area contributed by atoms with Crippen molar-refractivity contribution in [3.05, 3.63) is 28.8 Å². The summed E-state index contributed by atoms with van der Waals surface area (Å²) in [5, 5.41) is 2.97. The van der Waals surface area contributed by atoms with Crippen LogP contribution < -0.4 is 16.8 Å². The molecular formula is C14H19Cl2N3O2. The number of amides is 2. The maximum atomic E-state index is 12.2. The number of primary amides is 1. The van der Waals surface area contributed by atoms with Gasteiger partial charge in [0.2, 0.25) is 11.8 Å². The third-order valence-electron chi connectivity index (χ3n) is 3.69. The summed E-state index contributed by atoms with van der Waals surface area (Å²) in [7, 11) is 0. The van der Waals surface area contributed by atoms with Gasteiger partial charge in [0.25, 0.3) is 0 Å². The van der Waals surface area contributed by atoms with Crippen molar-refractivity contribution in [2.24, 2.45) is 11.5 Å². The van der Waals surface area contributed by atoms with Crippen LogP contribution in [-0.4, -0.2) is 17.4 Å². The Morgan fingerprint density at radius 1 is 1.19 bits per heavy atom. The highest BCUT2D eigenvalue weighted by molar-refractivity contribution is 6.34. The van der Waals surface area contributed by atoms with E-state index in [4.69, 9.17) is 23.1 Å². The molecule has 1 saturated carbocycles. The fourth-order valence-electron chi connectivity index (χ4n) is 2.46. The first-order valence-electron chi connectivity index (χ1n) is 6.62. The zero-order chi connectivity index (χ0) is 14.8. The highest BCUT2D eigenvalue weighted by Crippen LogP contribution is 2.28. The molecule has 21 heavy (non-hydrogen) atoms. The van der Waals surface area contributed by atoms with Crippen LogP contribution in [0, 0.1) is 0 Å². The van der Waals surface area contributed by atoms with Crippen molar-refractivity contribution in [1.29, 1.82) is 0 Å². The summed E-state index contributed by atoms with van der Waals surface area (Å²) >= 11 is 5.94. The number of anilines is 1. The number of carbonyl (C=O) groups is 2. The van der Waals surface area contributed by atoms with Crippen molar-refractivity contribution in [2.45, 2.75) is 37.6 Å². The van der Waals surface area contributed by atoms with E-state index in [0.717, 1.165) is 19.3 Å². The summed E-state index contributed by atoms with van der Waals surface area (Å²) in [4.78, 5) is 23.3. The Morgan fingerprint density at radius 3 is 2.33 bits per heavy atom. The Hall–Kier alpha value is -1.30. The normalized spacial score (nSPS) is 16.7. The van der Waals surface area contributed by atoms with Gasteiger partial charge in [-0.25, -0.2) is 0 Å². The van der Waals surface area contributed by atoms with Crippen LogP contribution in [-0.2, 0) is 4.79 Å². The standard InChI is InChI=1S/C14H18ClN3O2.ClH/c15-11-8-9(4-5-10(11)12(16)19)18-13(20)14(17)6-2-1-3-7-14;/h4-5,8H,1-3,6-7,17H2,(H2,16,19)(H,18,20);1H. The van der Waals surface area contributed by atoms with Gasteiger partial charge in [-0.15, -0.1) is 12.4 Å². The summed E-state index contributed by atoms with van der Waals surface area (Å²) in [6.45, 7) is 0. The molecule has 1 aromatic carbocycles. The van der Waals surface area contributed by atoms with E-state index in [-0.39, 0.29) is 28.9 Å². The molecule has 1 aliphatic carbocycles. The van der Waals surface area contributed by atoms with E-state index in [0.29, 0.717) is 18.5 Å². The van der Waals surface area contributed by atoms with E-state index in [1.54, 1.807) is 6.07 Å². The van der Waals surface area contributed by atoms with Crippen molar-refractivity contribution in [3.63, 3.8) is 0 Å². The van der Waals surface area contributed by atoms with Gasteiger partial charge in [0.15, 0.2) is 0 Å². The van der Waals surface area contributed by atoms with Crippen LogP contribution in [0.2, 0.25) is 5.02 Å². The molecule has 1 fully saturated rings. The van der Waals surface area contributed by atoms with E-state index < -0.39 is 11.4 Å². The van der Waals surface area contributed by atoms with Gasteiger partial charge in [0.1, 0.15) is 0 Å². The molecule has 5 N–H and O–H groups in total. The SMILES string of the molecule is Cl.NC(=O)c1ccc(NC(=O)C2(N)CCCCC2)cc1Cl. The maximum absolute atomic E-state index is 12.2. The van der Waals surface area contributed by atoms with Crippen molar-refractivity contribution in [2.75, 3.05) is 5.32 Å². The predicted octanol–water partition coefficient (Wildman–Crippen LogP) is 2.46. The smallest absolute Gasteiger partial charge is 0.250 e. The monoisotopic (exact) mass is 331 g/mol. The maximum Gasteiger partial charge on any atom is 0.250 e. The molecule has 0 saturated heterocycles. The average molecular weight is 332 g/mol. The number of halogens is 2. The van der Waals surface area contributed by atoms with Crippen molar-refractivity contribution in [3.8, 4) is 0 Å². The predicted molar refractivity (Wildman–Crippen MR) is 85.9 cm³/mol. The molecule has 0 spiro atoms. The van der Waals surface area contributed by atoms with Crippen LogP contribution in [0.25, 0.3) is 0 Å². The molecule has 0 bridgehead atoms. The van der Waals surface area contributed by atoms with Gasteiger partial charge in [-0.05, 0) is 31.0 Å². The van der Waals surface area contributed by atoms with Gasteiger partial charge in [-0.3, -0.25) is 9.59 Å². The second-order valence-corrected chi connectivity index (χ2v) is 5.64. The lowest BCUT2D eigenvalue weighted by Gasteiger charge is -2.31. The minimum atomic E-state index is -0.812. The third kappa shape index (κ3) is 4.09. The van der Waals surface area contributed by atoms with E-state index in [1.165, 1.54) is 12.1 Å². The molecule has 0 heterocycles. The highest BCUT2D eigenvalue weighted by atomic mass is 35.5. The Morgan fingerprint density at radius 2 is 1.81 bits per heavy atom. The van der Waals surface area contributed by atoms with Crippen LogP contribution in [0.3, 0.4) is 0 Å². The number of nitrogens with one attached hydrogen (secondary N) is 1. The van der Waals surface area contributed by atoms with Gasteiger partial charge in [-0.1, -0.05) is 30.9 Å². The number of benzene rings is 1. The van der Waals surface area contributed by atoms with E-state index in [1.807, 2.05) is 0 Å².